The van der Waals surface area contributed by atoms with Crippen molar-refractivity contribution in [2.75, 3.05) is 5.75 Å². The van der Waals surface area contributed by atoms with Crippen LogP contribution in [0.4, 0.5) is 0 Å². The standard InChI is InChI=1S/C14H15IN2O2S/c15-10-4-5-12-11(6-10)16-14(20-8-13(18)19)17(12)7-9-2-1-3-9/h4-6,9H,1-3,7-8H2,(H,18,19). The van der Waals surface area contributed by atoms with Gasteiger partial charge in [-0.2, -0.15) is 0 Å². The maximum absolute atomic E-state index is 10.8. The van der Waals surface area contributed by atoms with Gasteiger partial charge < -0.3 is 9.67 Å². The molecule has 1 aromatic heterocycles. The highest BCUT2D eigenvalue weighted by molar-refractivity contribution is 14.1. The number of fused-ring (bicyclic) bond motifs is 1. The van der Waals surface area contributed by atoms with E-state index in [1.54, 1.807) is 0 Å². The van der Waals surface area contributed by atoms with Gasteiger partial charge in [-0.3, -0.25) is 4.79 Å². The molecule has 106 valence electrons. The van der Waals surface area contributed by atoms with Gasteiger partial charge in [-0.05, 0) is 59.5 Å². The average molecular weight is 402 g/mol. The molecule has 2 aromatic rings. The highest BCUT2D eigenvalue weighted by atomic mass is 127. The molecule has 1 aliphatic rings. The maximum atomic E-state index is 10.8. The van der Waals surface area contributed by atoms with Gasteiger partial charge in [-0.1, -0.05) is 18.2 Å². The molecule has 0 unspecified atom stereocenters. The SMILES string of the molecule is O=C(O)CSc1nc2cc(I)ccc2n1CC1CCC1. The van der Waals surface area contributed by atoms with Crippen molar-refractivity contribution in [3.8, 4) is 0 Å². The molecule has 0 radical (unpaired) electrons. The summed E-state index contributed by atoms with van der Waals surface area (Å²) in [5, 5.41) is 9.69. The number of imidazole rings is 1. The first-order chi connectivity index (χ1) is 9.63. The predicted molar refractivity (Wildman–Crippen MR) is 88.2 cm³/mol. The second-order valence-electron chi connectivity index (χ2n) is 5.12. The number of carboxylic acid groups (broad SMARTS) is 1. The van der Waals surface area contributed by atoms with Gasteiger partial charge in [-0.15, -0.1) is 0 Å². The zero-order valence-electron chi connectivity index (χ0n) is 10.9. The molecule has 0 amide bonds. The van der Waals surface area contributed by atoms with Crippen LogP contribution in [0.5, 0.6) is 0 Å². The van der Waals surface area contributed by atoms with Gasteiger partial charge in [0.25, 0.3) is 0 Å². The Morgan fingerprint density at radius 2 is 2.30 bits per heavy atom. The molecule has 0 bridgehead atoms. The second kappa shape index (κ2) is 5.93. The summed E-state index contributed by atoms with van der Waals surface area (Å²) in [5.74, 6) is -0.0202. The quantitative estimate of drug-likeness (QED) is 0.613. The van der Waals surface area contributed by atoms with Gasteiger partial charge in [0.15, 0.2) is 5.16 Å². The van der Waals surface area contributed by atoms with Crippen molar-refractivity contribution in [1.82, 2.24) is 9.55 Å². The van der Waals surface area contributed by atoms with Gasteiger partial charge in [0.05, 0.1) is 16.8 Å². The van der Waals surface area contributed by atoms with E-state index in [9.17, 15) is 4.79 Å². The monoisotopic (exact) mass is 402 g/mol. The first-order valence-corrected chi connectivity index (χ1v) is 8.70. The minimum Gasteiger partial charge on any atom is -0.481 e. The number of carboxylic acids is 1. The van der Waals surface area contributed by atoms with Gasteiger partial charge in [0.1, 0.15) is 0 Å². The first kappa shape index (κ1) is 14.2. The molecule has 1 aliphatic carbocycles. The zero-order chi connectivity index (χ0) is 14.1. The van der Waals surface area contributed by atoms with Crippen LogP contribution in [0.1, 0.15) is 19.3 Å². The molecule has 3 rings (SSSR count). The Bertz CT molecular complexity index is 652. The van der Waals surface area contributed by atoms with E-state index in [0.717, 1.165) is 32.2 Å². The number of hydrogen-bond donors (Lipinski definition) is 1. The normalized spacial score (nSPS) is 15.4. The van der Waals surface area contributed by atoms with Crippen LogP contribution in [-0.4, -0.2) is 26.4 Å². The summed E-state index contributed by atoms with van der Waals surface area (Å²) >= 11 is 3.59. The number of hydrogen-bond acceptors (Lipinski definition) is 3. The summed E-state index contributed by atoms with van der Waals surface area (Å²) in [6.45, 7) is 0.957. The minimum atomic E-state index is -0.799. The van der Waals surface area contributed by atoms with Crippen molar-refractivity contribution >= 4 is 51.4 Å². The van der Waals surface area contributed by atoms with Crippen LogP contribution in [0, 0.1) is 9.49 Å². The molecule has 0 atom stereocenters. The van der Waals surface area contributed by atoms with Crippen LogP contribution >= 0.6 is 34.4 Å². The van der Waals surface area contributed by atoms with Crippen molar-refractivity contribution in [2.45, 2.75) is 31.0 Å². The lowest BCUT2D eigenvalue weighted by molar-refractivity contribution is -0.133. The molecule has 0 saturated heterocycles. The van der Waals surface area contributed by atoms with E-state index in [0.29, 0.717) is 0 Å². The van der Waals surface area contributed by atoms with E-state index in [2.05, 4.69) is 50.3 Å². The third-order valence-electron chi connectivity index (χ3n) is 3.67. The Hall–Kier alpha value is -0.760. The molecule has 1 heterocycles. The highest BCUT2D eigenvalue weighted by Crippen LogP contribution is 2.32. The lowest BCUT2D eigenvalue weighted by atomic mass is 9.85. The molecule has 1 saturated carbocycles. The van der Waals surface area contributed by atoms with Crippen LogP contribution in [-0.2, 0) is 11.3 Å². The number of halogens is 1. The first-order valence-electron chi connectivity index (χ1n) is 6.64. The summed E-state index contributed by atoms with van der Waals surface area (Å²) < 4.78 is 3.35. The molecule has 6 heteroatoms. The van der Waals surface area contributed by atoms with Gasteiger partial charge in [0, 0.05) is 10.1 Å². The number of rotatable bonds is 5. The Morgan fingerprint density at radius 1 is 1.50 bits per heavy atom. The van der Waals surface area contributed by atoms with Crippen LogP contribution in [0.3, 0.4) is 0 Å². The van der Waals surface area contributed by atoms with Crippen molar-refractivity contribution < 1.29 is 9.90 Å². The molecular weight excluding hydrogens is 387 g/mol. The Kier molecular flexibility index (Phi) is 4.21. The Morgan fingerprint density at radius 3 is 2.95 bits per heavy atom. The number of nitrogens with zero attached hydrogens (tertiary/aromatic N) is 2. The van der Waals surface area contributed by atoms with E-state index in [1.165, 1.54) is 31.0 Å². The molecular formula is C14H15IN2O2S. The summed E-state index contributed by atoms with van der Waals surface area (Å²) in [4.78, 5) is 15.4. The second-order valence-corrected chi connectivity index (χ2v) is 7.31. The lowest BCUT2D eigenvalue weighted by Crippen LogP contribution is -2.18. The van der Waals surface area contributed by atoms with E-state index >= 15 is 0 Å². The third-order valence-corrected chi connectivity index (χ3v) is 5.30. The fourth-order valence-corrected chi connectivity index (χ4v) is 3.65. The molecule has 1 fully saturated rings. The van der Waals surface area contributed by atoms with E-state index < -0.39 is 5.97 Å². The zero-order valence-corrected chi connectivity index (χ0v) is 13.9. The number of aromatic nitrogens is 2. The fraction of sp³-hybridized carbons (Fsp3) is 0.429. The highest BCUT2D eigenvalue weighted by Gasteiger charge is 2.21. The Labute approximate surface area is 135 Å². The smallest absolute Gasteiger partial charge is 0.313 e. The largest absolute Gasteiger partial charge is 0.481 e. The summed E-state index contributed by atoms with van der Waals surface area (Å²) in [6.07, 6.45) is 3.85. The van der Waals surface area contributed by atoms with Crippen LogP contribution in [0.25, 0.3) is 11.0 Å². The molecule has 0 spiro atoms. The van der Waals surface area contributed by atoms with Crippen molar-refractivity contribution in [3.05, 3.63) is 21.8 Å². The van der Waals surface area contributed by atoms with Crippen molar-refractivity contribution in [2.24, 2.45) is 5.92 Å². The number of benzene rings is 1. The van der Waals surface area contributed by atoms with Crippen molar-refractivity contribution in [3.63, 3.8) is 0 Å². The van der Waals surface area contributed by atoms with Crippen LogP contribution < -0.4 is 0 Å². The molecule has 1 aromatic carbocycles. The predicted octanol–water partition coefficient (Wildman–Crippen LogP) is 3.62. The topological polar surface area (TPSA) is 55.1 Å². The molecule has 0 aliphatic heterocycles. The minimum absolute atomic E-state index is 0.0606. The average Bonchev–Trinajstić information content (AvgIpc) is 2.68. The summed E-state index contributed by atoms with van der Waals surface area (Å²) in [6, 6.07) is 6.22. The van der Waals surface area contributed by atoms with Crippen molar-refractivity contribution in [1.29, 1.82) is 0 Å². The van der Waals surface area contributed by atoms with Crippen LogP contribution in [0.2, 0.25) is 0 Å². The van der Waals surface area contributed by atoms with Gasteiger partial charge in [-0.25, -0.2) is 4.98 Å². The maximum Gasteiger partial charge on any atom is 0.313 e. The Balaban J connectivity index is 1.96. The number of carbonyl (C=O) groups is 1. The van der Waals surface area contributed by atoms with E-state index in [-0.39, 0.29) is 5.75 Å². The number of aliphatic carboxylic acids is 1. The van der Waals surface area contributed by atoms with Crippen LogP contribution in [0.15, 0.2) is 23.4 Å². The fourth-order valence-electron chi connectivity index (χ4n) is 2.43. The third kappa shape index (κ3) is 2.95. The molecule has 4 nitrogen and oxygen atoms in total. The molecule has 1 N–H and O–H groups in total. The summed E-state index contributed by atoms with van der Waals surface area (Å²) in [5.41, 5.74) is 2.08. The van der Waals surface area contributed by atoms with Gasteiger partial charge >= 0.3 is 5.97 Å². The lowest BCUT2D eigenvalue weighted by Gasteiger charge is -2.26. The summed E-state index contributed by atoms with van der Waals surface area (Å²) in [7, 11) is 0. The van der Waals surface area contributed by atoms with E-state index in [4.69, 9.17) is 5.11 Å². The molecule has 20 heavy (non-hydrogen) atoms. The van der Waals surface area contributed by atoms with E-state index in [1.807, 2.05) is 0 Å². The van der Waals surface area contributed by atoms with Gasteiger partial charge in [0.2, 0.25) is 0 Å². The number of thioether (sulfide) groups is 1.